The Hall–Kier alpha value is -4.73. The first-order chi connectivity index (χ1) is 16.4. The SMILES string of the molecule is O=C(O)CNc1ccc(OC(=O)CNc2ccc(OC(=O)CNc3ccc(O)cc3)cc2)cc1. The van der Waals surface area contributed by atoms with Gasteiger partial charge in [-0.2, -0.15) is 0 Å². The standard InChI is InChI=1S/C24H23N3O7/c28-19-7-1-16(2-8-19)26-14-23(31)34-21-11-5-18(6-12-21)27-15-24(32)33-20-9-3-17(4-10-20)25-13-22(29)30/h1-12,25-28H,13-15H2,(H,29,30). The van der Waals surface area contributed by atoms with Crippen LogP contribution in [0.3, 0.4) is 0 Å². The van der Waals surface area contributed by atoms with Gasteiger partial charge in [-0.15, -0.1) is 0 Å². The largest absolute Gasteiger partial charge is 0.508 e. The lowest BCUT2D eigenvalue weighted by Crippen LogP contribution is -2.20. The maximum absolute atomic E-state index is 12.0. The lowest BCUT2D eigenvalue weighted by atomic mass is 10.3. The third kappa shape index (κ3) is 8.08. The normalized spacial score (nSPS) is 10.1. The van der Waals surface area contributed by atoms with Crippen LogP contribution in [0.4, 0.5) is 17.1 Å². The highest BCUT2D eigenvalue weighted by Crippen LogP contribution is 2.18. The van der Waals surface area contributed by atoms with Crippen molar-refractivity contribution in [1.82, 2.24) is 0 Å². The number of hydrogen-bond acceptors (Lipinski definition) is 9. The molecule has 0 aromatic heterocycles. The lowest BCUT2D eigenvalue weighted by Gasteiger charge is -2.10. The molecule has 3 rings (SSSR count). The highest BCUT2D eigenvalue weighted by molar-refractivity contribution is 5.79. The van der Waals surface area contributed by atoms with E-state index in [-0.39, 0.29) is 25.4 Å². The Morgan fingerprint density at radius 1 is 0.588 bits per heavy atom. The van der Waals surface area contributed by atoms with E-state index in [2.05, 4.69) is 16.0 Å². The summed E-state index contributed by atoms with van der Waals surface area (Å²) < 4.78 is 10.5. The van der Waals surface area contributed by atoms with Crippen molar-refractivity contribution in [3.05, 3.63) is 72.8 Å². The minimum atomic E-state index is -0.976. The molecular weight excluding hydrogens is 442 g/mol. The summed E-state index contributed by atoms with van der Waals surface area (Å²) in [6.45, 7) is -0.348. The third-order valence-corrected chi connectivity index (χ3v) is 4.36. The molecule has 176 valence electrons. The first kappa shape index (κ1) is 23.9. The number of carboxylic acids is 1. The van der Waals surface area contributed by atoms with Gasteiger partial charge in [0.1, 0.15) is 36.9 Å². The van der Waals surface area contributed by atoms with Crippen molar-refractivity contribution >= 4 is 35.0 Å². The number of hydrogen-bond donors (Lipinski definition) is 5. The number of aliphatic carboxylic acids is 1. The first-order valence-corrected chi connectivity index (χ1v) is 10.2. The zero-order chi connectivity index (χ0) is 24.3. The topological polar surface area (TPSA) is 146 Å². The molecule has 0 aliphatic rings. The van der Waals surface area contributed by atoms with Crippen molar-refractivity contribution in [2.45, 2.75) is 0 Å². The first-order valence-electron chi connectivity index (χ1n) is 10.2. The number of anilines is 3. The number of nitrogens with one attached hydrogen (secondary N) is 3. The van der Waals surface area contributed by atoms with Crippen molar-refractivity contribution in [3.63, 3.8) is 0 Å². The van der Waals surface area contributed by atoms with Crippen molar-refractivity contribution in [2.75, 3.05) is 35.6 Å². The molecule has 0 saturated heterocycles. The van der Waals surface area contributed by atoms with E-state index in [4.69, 9.17) is 14.6 Å². The van der Waals surface area contributed by atoms with Gasteiger partial charge in [-0.3, -0.25) is 4.79 Å². The molecule has 0 heterocycles. The Balaban J connectivity index is 1.39. The van der Waals surface area contributed by atoms with Crippen LogP contribution in [0.15, 0.2) is 72.8 Å². The zero-order valence-electron chi connectivity index (χ0n) is 18.0. The van der Waals surface area contributed by atoms with Crippen LogP contribution in [0.1, 0.15) is 0 Å². The number of carbonyl (C=O) groups excluding carboxylic acids is 2. The Morgan fingerprint density at radius 3 is 1.32 bits per heavy atom. The maximum atomic E-state index is 12.0. The molecule has 0 radical (unpaired) electrons. The molecule has 10 heteroatoms. The second kappa shape index (κ2) is 11.8. The number of phenols is 1. The highest BCUT2D eigenvalue weighted by Gasteiger charge is 2.08. The van der Waals surface area contributed by atoms with Gasteiger partial charge in [0.2, 0.25) is 0 Å². The minimum absolute atomic E-state index is 0.0484. The Bertz CT molecular complexity index is 1110. The number of esters is 2. The van der Waals surface area contributed by atoms with Crippen LogP contribution in [0, 0.1) is 0 Å². The molecule has 0 aliphatic heterocycles. The Labute approximate surface area is 195 Å². The van der Waals surface area contributed by atoms with Crippen LogP contribution in [0.2, 0.25) is 0 Å². The van der Waals surface area contributed by atoms with Crippen molar-refractivity contribution in [1.29, 1.82) is 0 Å². The van der Waals surface area contributed by atoms with Crippen LogP contribution in [0.5, 0.6) is 17.2 Å². The van der Waals surface area contributed by atoms with Gasteiger partial charge in [-0.25, -0.2) is 9.59 Å². The summed E-state index contributed by atoms with van der Waals surface area (Å²) in [5.41, 5.74) is 1.90. The molecular formula is C24H23N3O7. The molecule has 0 unspecified atom stereocenters. The van der Waals surface area contributed by atoms with Crippen LogP contribution in [-0.2, 0) is 14.4 Å². The number of carboxylic acid groups (broad SMARTS) is 1. The summed E-state index contributed by atoms with van der Waals surface area (Å²) in [6, 6.07) is 19.1. The summed E-state index contributed by atoms with van der Waals surface area (Å²) in [7, 11) is 0. The monoisotopic (exact) mass is 465 g/mol. The van der Waals surface area contributed by atoms with Gasteiger partial charge >= 0.3 is 17.9 Å². The quantitative estimate of drug-likeness (QED) is 0.163. The fraction of sp³-hybridized carbons (Fsp3) is 0.125. The minimum Gasteiger partial charge on any atom is -0.508 e. The van der Waals surface area contributed by atoms with E-state index in [0.29, 0.717) is 28.6 Å². The summed E-state index contributed by atoms with van der Waals surface area (Å²) in [5, 5.41) is 26.4. The van der Waals surface area contributed by atoms with Gasteiger partial charge in [0, 0.05) is 17.1 Å². The van der Waals surface area contributed by atoms with E-state index >= 15 is 0 Å². The van der Waals surface area contributed by atoms with Gasteiger partial charge in [-0.1, -0.05) is 0 Å². The highest BCUT2D eigenvalue weighted by atomic mass is 16.5. The van der Waals surface area contributed by atoms with E-state index in [1.165, 1.54) is 12.1 Å². The molecule has 0 aliphatic carbocycles. The average Bonchev–Trinajstić information content (AvgIpc) is 2.83. The van der Waals surface area contributed by atoms with E-state index in [9.17, 15) is 19.5 Å². The molecule has 0 amide bonds. The van der Waals surface area contributed by atoms with Crippen LogP contribution >= 0.6 is 0 Å². The number of benzene rings is 3. The van der Waals surface area contributed by atoms with Gasteiger partial charge in [0.15, 0.2) is 0 Å². The Kier molecular flexibility index (Phi) is 8.28. The zero-order valence-corrected chi connectivity index (χ0v) is 18.0. The second-order valence-corrected chi connectivity index (χ2v) is 7.00. The summed E-state index contributed by atoms with van der Waals surface area (Å²) in [6.07, 6.45) is 0. The molecule has 5 N–H and O–H groups in total. The second-order valence-electron chi connectivity index (χ2n) is 7.00. The Morgan fingerprint density at radius 2 is 0.941 bits per heavy atom. The number of rotatable bonds is 11. The molecule has 0 fully saturated rings. The molecule has 3 aromatic carbocycles. The number of carbonyl (C=O) groups is 3. The lowest BCUT2D eigenvalue weighted by molar-refractivity contribution is -0.135. The van der Waals surface area contributed by atoms with Crippen LogP contribution < -0.4 is 25.4 Å². The molecule has 0 bridgehead atoms. The van der Waals surface area contributed by atoms with Gasteiger partial charge in [0.25, 0.3) is 0 Å². The van der Waals surface area contributed by atoms with Crippen LogP contribution in [0.25, 0.3) is 0 Å². The van der Waals surface area contributed by atoms with Gasteiger partial charge in [-0.05, 0) is 72.8 Å². The summed E-state index contributed by atoms with van der Waals surface area (Å²) >= 11 is 0. The average molecular weight is 465 g/mol. The fourth-order valence-electron chi connectivity index (χ4n) is 2.72. The van der Waals surface area contributed by atoms with Gasteiger partial charge in [0.05, 0.1) is 0 Å². The molecule has 0 atom stereocenters. The molecule has 3 aromatic rings. The van der Waals surface area contributed by atoms with E-state index < -0.39 is 17.9 Å². The predicted octanol–water partition coefficient (Wildman–Crippen LogP) is 2.92. The van der Waals surface area contributed by atoms with E-state index in [0.717, 1.165) is 0 Å². The van der Waals surface area contributed by atoms with E-state index in [1.54, 1.807) is 60.7 Å². The van der Waals surface area contributed by atoms with Crippen molar-refractivity contribution in [3.8, 4) is 17.2 Å². The molecule has 10 nitrogen and oxygen atoms in total. The van der Waals surface area contributed by atoms with Crippen molar-refractivity contribution in [2.24, 2.45) is 0 Å². The molecule has 0 spiro atoms. The number of aromatic hydroxyl groups is 1. The predicted molar refractivity (Wildman–Crippen MR) is 125 cm³/mol. The number of phenolic OH excluding ortho intramolecular Hbond substituents is 1. The maximum Gasteiger partial charge on any atom is 0.330 e. The fourth-order valence-corrected chi connectivity index (χ4v) is 2.72. The molecule has 34 heavy (non-hydrogen) atoms. The van der Waals surface area contributed by atoms with Gasteiger partial charge < -0.3 is 35.6 Å². The molecule has 0 saturated carbocycles. The van der Waals surface area contributed by atoms with E-state index in [1.807, 2.05) is 0 Å². The summed E-state index contributed by atoms with van der Waals surface area (Å²) in [4.78, 5) is 34.6. The summed E-state index contributed by atoms with van der Waals surface area (Å²) in [5.74, 6) is -1.16. The third-order valence-electron chi connectivity index (χ3n) is 4.36. The van der Waals surface area contributed by atoms with Crippen LogP contribution in [-0.4, -0.2) is 47.8 Å². The van der Waals surface area contributed by atoms with Crippen molar-refractivity contribution < 1.29 is 34.1 Å². The number of ether oxygens (including phenoxy) is 2. The smallest absolute Gasteiger partial charge is 0.330 e.